The molecule has 0 aromatic carbocycles. The van der Waals surface area contributed by atoms with Gasteiger partial charge >= 0.3 is 0 Å². The molecule has 0 aliphatic heterocycles. The molecule has 0 radical (unpaired) electrons. The lowest BCUT2D eigenvalue weighted by molar-refractivity contribution is 1.08. The van der Waals surface area contributed by atoms with E-state index in [9.17, 15) is 0 Å². The fourth-order valence-electron chi connectivity index (χ4n) is 0.800. The van der Waals surface area contributed by atoms with Crippen molar-refractivity contribution in [1.29, 1.82) is 0 Å². The molecule has 5 nitrogen and oxygen atoms in total. The van der Waals surface area contributed by atoms with E-state index in [0.29, 0.717) is 15.8 Å². The lowest BCUT2D eigenvalue weighted by Crippen LogP contribution is -1.85. The number of nitrogens with zero attached hydrogens (tertiary/aromatic N) is 4. The standard InChI is InChI=1S/C6H4BrN5S/c7-3-1-9-2-10-4(3)5-11-12-6(8)13-5/h1-2H,(H2,8,12). The van der Waals surface area contributed by atoms with Crippen molar-refractivity contribution in [2.75, 3.05) is 5.73 Å². The van der Waals surface area contributed by atoms with Crippen molar-refractivity contribution in [2.45, 2.75) is 0 Å². The quantitative estimate of drug-likeness (QED) is 0.835. The third-order valence-electron chi connectivity index (χ3n) is 1.31. The highest BCUT2D eigenvalue weighted by molar-refractivity contribution is 9.10. The summed E-state index contributed by atoms with van der Waals surface area (Å²) in [6.07, 6.45) is 3.11. The molecule has 2 rings (SSSR count). The maximum atomic E-state index is 5.45. The van der Waals surface area contributed by atoms with E-state index >= 15 is 0 Å². The van der Waals surface area contributed by atoms with Gasteiger partial charge in [0.25, 0.3) is 0 Å². The monoisotopic (exact) mass is 257 g/mol. The minimum atomic E-state index is 0.431. The maximum absolute atomic E-state index is 5.45. The predicted octanol–water partition coefficient (Wildman–Crippen LogP) is 1.34. The van der Waals surface area contributed by atoms with Crippen molar-refractivity contribution in [2.24, 2.45) is 0 Å². The Bertz CT molecular complexity index is 428. The van der Waals surface area contributed by atoms with E-state index in [1.54, 1.807) is 6.20 Å². The third-order valence-corrected chi connectivity index (χ3v) is 2.65. The highest BCUT2D eigenvalue weighted by atomic mass is 79.9. The number of hydrogen-bond donors (Lipinski definition) is 1. The predicted molar refractivity (Wildman–Crippen MR) is 53.0 cm³/mol. The van der Waals surface area contributed by atoms with Crippen LogP contribution in [0.5, 0.6) is 0 Å². The van der Waals surface area contributed by atoms with Crippen molar-refractivity contribution in [1.82, 2.24) is 20.2 Å². The summed E-state index contributed by atoms with van der Waals surface area (Å²) in [5.74, 6) is 0. The molecular formula is C6H4BrN5S. The second-order valence-electron chi connectivity index (χ2n) is 2.16. The number of rotatable bonds is 1. The summed E-state index contributed by atoms with van der Waals surface area (Å²) in [5.41, 5.74) is 6.16. The highest BCUT2D eigenvalue weighted by Gasteiger charge is 2.09. The average Bonchev–Trinajstić information content (AvgIpc) is 2.53. The Hall–Kier alpha value is -1.08. The zero-order valence-electron chi connectivity index (χ0n) is 6.31. The third kappa shape index (κ3) is 1.65. The summed E-state index contributed by atoms with van der Waals surface area (Å²) >= 11 is 4.61. The molecule has 0 spiro atoms. The van der Waals surface area contributed by atoms with Gasteiger partial charge in [0.15, 0.2) is 5.01 Å². The Morgan fingerprint density at radius 2 is 2.23 bits per heavy atom. The van der Waals surface area contributed by atoms with Gasteiger partial charge < -0.3 is 5.73 Å². The van der Waals surface area contributed by atoms with Crippen LogP contribution in [0.3, 0.4) is 0 Å². The van der Waals surface area contributed by atoms with Gasteiger partial charge in [-0.15, -0.1) is 10.2 Å². The first-order chi connectivity index (χ1) is 6.27. The summed E-state index contributed by atoms with van der Waals surface area (Å²) in [6, 6.07) is 0. The highest BCUT2D eigenvalue weighted by Crippen LogP contribution is 2.27. The summed E-state index contributed by atoms with van der Waals surface area (Å²) in [5, 5.41) is 8.69. The molecule has 0 amide bonds. The second kappa shape index (κ2) is 3.35. The van der Waals surface area contributed by atoms with Crippen molar-refractivity contribution in [3.63, 3.8) is 0 Å². The van der Waals surface area contributed by atoms with Crippen molar-refractivity contribution >= 4 is 32.4 Å². The second-order valence-corrected chi connectivity index (χ2v) is 4.03. The molecule has 7 heteroatoms. The van der Waals surface area contributed by atoms with Gasteiger partial charge in [-0.1, -0.05) is 11.3 Å². The first-order valence-electron chi connectivity index (χ1n) is 3.32. The van der Waals surface area contributed by atoms with Gasteiger partial charge in [0.1, 0.15) is 12.0 Å². The molecule has 0 atom stereocenters. The first-order valence-corrected chi connectivity index (χ1v) is 4.93. The zero-order valence-corrected chi connectivity index (χ0v) is 8.71. The normalized spacial score (nSPS) is 10.2. The topological polar surface area (TPSA) is 77.6 Å². The number of hydrogen-bond acceptors (Lipinski definition) is 6. The van der Waals surface area contributed by atoms with Gasteiger partial charge in [0, 0.05) is 6.20 Å². The largest absolute Gasteiger partial charge is 0.374 e. The summed E-state index contributed by atoms with van der Waals surface area (Å²) in [6.45, 7) is 0. The lowest BCUT2D eigenvalue weighted by atomic mass is 10.4. The van der Waals surface area contributed by atoms with Crippen LogP contribution in [-0.2, 0) is 0 Å². The molecule has 0 saturated heterocycles. The van der Waals surface area contributed by atoms with Crippen LogP contribution in [0.1, 0.15) is 0 Å². The molecule has 2 aromatic rings. The van der Waals surface area contributed by atoms with E-state index in [1.165, 1.54) is 17.7 Å². The van der Waals surface area contributed by atoms with E-state index in [0.717, 1.165) is 4.47 Å². The summed E-state index contributed by atoms with van der Waals surface area (Å²) < 4.78 is 0.783. The van der Waals surface area contributed by atoms with Gasteiger partial charge in [-0.2, -0.15) is 0 Å². The van der Waals surface area contributed by atoms with Crippen LogP contribution in [0.4, 0.5) is 5.13 Å². The fourth-order valence-corrected chi connectivity index (χ4v) is 1.96. The minimum absolute atomic E-state index is 0.431. The van der Waals surface area contributed by atoms with Crippen LogP contribution in [-0.4, -0.2) is 20.2 Å². The van der Waals surface area contributed by atoms with E-state index in [-0.39, 0.29) is 0 Å². The van der Waals surface area contributed by atoms with E-state index in [1.807, 2.05) is 0 Å². The van der Waals surface area contributed by atoms with Gasteiger partial charge in [-0.05, 0) is 15.9 Å². The fraction of sp³-hybridized carbons (Fsp3) is 0. The van der Waals surface area contributed by atoms with Crippen molar-refractivity contribution in [3.8, 4) is 10.7 Å². The minimum Gasteiger partial charge on any atom is -0.374 e. The molecule has 0 aliphatic rings. The Morgan fingerprint density at radius 3 is 2.85 bits per heavy atom. The van der Waals surface area contributed by atoms with Gasteiger partial charge in [0.05, 0.1) is 4.47 Å². The van der Waals surface area contributed by atoms with Gasteiger partial charge in [0.2, 0.25) is 5.13 Å². The van der Waals surface area contributed by atoms with Gasteiger partial charge in [-0.25, -0.2) is 9.97 Å². The maximum Gasteiger partial charge on any atom is 0.203 e. The van der Waals surface area contributed by atoms with Crippen LogP contribution >= 0.6 is 27.3 Å². The molecule has 13 heavy (non-hydrogen) atoms. The van der Waals surface area contributed by atoms with E-state index in [2.05, 4.69) is 36.1 Å². The molecule has 2 heterocycles. The molecule has 0 unspecified atom stereocenters. The van der Waals surface area contributed by atoms with Crippen LogP contribution in [0.15, 0.2) is 17.0 Å². The van der Waals surface area contributed by atoms with Crippen molar-refractivity contribution in [3.05, 3.63) is 17.0 Å². The molecule has 66 valence electrons. The van der Waals surface area contributed by atoms with E-state index < -0.39 is 0 Å². The molecule has 0 bridgehead atoms. The average molecular weight is 258 g/mol. The van der Waals surface area contributed by atoms with Crippen LogP contribution in [0.2, 0.25) is 0 Å². The Morgan fingerprint density at radius 1 is 1.38 bits per heavy atom. The molecule has 2 N–H and O–H groups in total. The Balaban J connectivity index is 2.52. The number of aromatic nitrogens is 4. The molecule has 0 saturated carbocycles. The molecular weight excluding hydrogens is 254 g/mol. The Labute approximate surface area is 86.2 Å². The number of anilines is 1. The lowest BCUT2D eigenvalue weighted by Gasteiger charge is -1.94. The van der Waals surface area contributed by atoms with Gasteiger partial charge in [-0.3, -0.25) is 0 Å². The SMILES string of the molecule is Nc1nnc(-c2ncncc2Br)s1. The molecule has 0 fully saturated rings. The van der Waals surface area contributed by atoms with Crippen LogP contribution in [0.25, 0.3) is 10.7 Å². The molecule has 0 aliphatic carbocycles. The number of nitrogens with two attached hydrogens (primary N) is 1. The number of halogens is 1. The van der Waals surface area contributed by atoms with E-state index in [4.69, 9.17) is 5.73 Å². The smallest absolute Gasteiger partial charge is 0.203 e. The summed E-state index contributed by atoms with van der Waals surface area (Å²) in [4.78, 5) is 7.90. The zero-order chi connectivity index (χ0) is 9.26. The van der Waals surface area contributed by atoms with Crippen LogP contribution < -0.4 is 5.73 Å². The number of nitrogen functional groups attached to an aromatic ring is 1. The van der Waals surface area contributed by atoms with Crippen LogP contribution in [0, 0.1) is 0 Å². The first kappa shape index (κ1) is 8.52. The Kier molecular flexibility index (Phi) is 2.19. The summed E-state index contributed by atoms with van der Waals surface area (Å²) in [7, 11) is 0. The molecule has 2 aromatic heterocycles. The van der Waals surface area contributed by atoms with Crippen molar-refractivity contribution < 1.29 is 0 Å².